The zero-order chi connectivity index (χ0) is 13.2. The van der Waals surface area contributed by atoms with Crippen molar-refractivity contribution < 1.29 is 4.79 Å². The number of hydrogen-bond donors (Lipinski definition) is 3. The third-order valence-corrected chi connectivity index (χ3v) is 2.44. The summed E-state index contributed by atoms with van der Waals surface area (Å²) in [7, 11) is 3.47. The molecule has 0 saturated carbocycles. The minimum absolute atomic E-state index is 0. The van der Waals surface area contributed by atoms with Crippen LogP contribution in [0, 0.1) is 0 Å². The molecule has 1 aromatic carbocycles. The molecule has 0 aromatic heterocycles. The maximum absolute atomic E-state index is 11.6. The minimum atomic E-state index is 0. The number of benzene rings is 1. The van der Waals surface area contributed by atoms with E-state index < -0.39 is 0 Å². The third-order valence-electron chi connectivity index (χ3n) is 2.44. The van der Waals surface area contributed by atoms with Crippen LogP contribution in [0.4, 0.5) is 0 Å². The van der Waals surface area contributed by atoms with Gasteiger partial charge in [0.1, 0.15) is 0 Å². The Labute approximate surface area is 131 Å². The molecule has 1 amide bonds. The molecule has 0 aliphatic heterocycles. The van der Waals surface area contributed by atoms with Crippen molar-refractivity contribution in [1.29, 1.82) is 0 Å². The van der Waals surface area contributed by atoms with Crippen molar-refractivity contribution in [2.75, 3.05) is 20.6 Å². The van der Waals surface area contributed by atoms with Crippen LogP contribution >= 0.6 is 24.0 Å². The molecule has 1 aromatic rings. The molecule has 0 bridgehead atoms. The van der Waals surface area contributed by atoms with Gasteiger partial charge in [0.05, 0.1) is 0 Å². The SMILES string of the molecule is CN=C(NC)NCCC(=O)NCc1ccccc1.I. The first-order valence-electron chi connectivity index (χ1n) is 5.95. The van der Waals surface area contributed by atoms with Crippen molar-refractivity contribution in [3.8, 4) is 0 Å². The van der Waals surface area contributed by atoms with Crippen molar-refractivity contribution >= 4 is 35.8 Å². The zero-order valence-corrected chi connectivity index (χ0v) is 13.6. The van der Waals surface area contributed by atoms with Gasteiger partial charge < -0.3 is 16.0 Å². The quantitative estimate of drug-likeness (QED) is 0.410. The first kappa shape index (κ1) is 17.7. The van der Waals surface area contributed by atoms with Gasteiger partial charge >= 0.3 is 0 Å². The lowest BCUT2D eigenvalue weighted by atomic mass is 10.2. The maximum Gasteiger partial charge on any atom is 0.222 e. The predicted octanol–water partition coefficient (Wildman–Crippen LogP) is 1.11. The van der Waals surface area contributed by atoms with E-state index in [1.165, 1.54) is 0 Å². The van der Waals surface area contributed by atoms with Crippen LogP contribution in [0.1, 0.15) is 12.0 Å². The monoisotopic (exact) mass is 376 g/mol. The van der Waals surface area contributed by atoms with Gasteiger partial charge in [0, 0.05) is 33.6 Å². The number of carbonyl (C=O) groups is 1. The van der Waals surface area contributed by atoms with Gasteiger partial charge in [-0.1, -0.05) is 30.3 Å². The van der Waals surface area contributed by atoms with Crippen LogP contribution in [0.25, 0.3) is 0 Å². The Bertz CT molecular complexity index is 395. The number of carbonyl (C=O) groups excluding carboxylic acids is 1. The van der Waals surface area contributed by atoms with Crippen molar-refractivity contribution in [2.45, 2.75) is 13.0 Å². The average molecular weight is 376 g/mol. The van der Waals surface area contributed by atoms with Gasteiger partial charge in [-0.2, -0.15) is 0 Å². The Morgan fingerprint density at radius 3 is 2.47 bits per heavy atom. The van der Waals surface area contributed by atoms with E-state index in [2.05, 4.69) is 20.9 Å². The second-order valence-electron chi connectivity index (χ2n) is 3.76. The Kier molecular flexibility index (Phi) is 9.87. The lowest BCUT2D eigenvalue weighted by molar-refractivity contribution is -0.121. The highest BCUT2D eigenvalue weighted by Crippen LogP contribution is 1.97. The van der Waals surface area contributed by atoms with Crippen molar-refractivity contribution in [1.82, 2.24) is 16.0 Å². The van der Waals surface area contributed by atoms with Gasteiger partial charge in [-0.25, -0.2) is 0 Å². The molecular weight excluding hydrogens is 355 g/mol. The van der Waals surface area contributed by atoms with Crippen molar-refractivity contribution in [2.24, 2.45) is 4.99 Å². The number of hydrogen-bond acceptors (Lipinski definition) is 2. The van der Waals surface area contributed by atoms with Crippen LogP contribution in [-0.2, 0) is 11.3 Å². The fourth-order valence-corrected chi connectivity index (χ4v) is 1.46. The standard InChI is InChI=1S/C13H20N4O.HI/c1-14-13(15-2)16-9-8-12(18)17-10-11-6-4-3-5-7-11;/h3-7H,8-10H2,1-2H3,(H,17,18)(H2,14,15,16);1H. The fourth-order valence-electron chi connectivity index (χ4n) is 1.46. The summed E-state index contributed by atoms with van der Waals surface area (Å²) in [5.74, 6) is 0.712. The first-order chi connectivity index (χ1) is 8.76. The van der Waals surface area contributed by atoms with Crippen LogP contribution in [0.5, 0.6) is 0 Å². The second kappa shape index (κ2) is 10.6. The summed E-state index contributed by atoms with van der Waals surface area (Å²) in [6, 6.07) is 9.85. The van der Waals surface area contributed by atoms with Gasteiger partial charge in [0.25, 0.3) is 0 Å². The molecule has 0 spiro atoms. The van der Waals surface area contributed by atoms with E-state index >= 15 is 0 Å². The number of rotatable bonds is 5. The summed E-state index contributed by atoms with van der Waals surface area (Å²) in [5, 5.41) is 8.79. The Morgan fingerprint density at radius 2 is 1.89 bits per heavy atom. The van der Waals surface area contributed by atoms with Crippen molar-refractivity contribution in [3.05, 3.63) is 35.9 Å². The molecule has 106 valence electrons. The van der Waals surface area contributed by atoms with Crippen LogP contribution < -0.4 is 16.0 Å². The van der Waals surface area contributed by atoms with Crippen LogP contribution in [-0.4, -0.2) is 32.5 Å². The lowest BCUT2D eigenvalue weighted by Crippen LogP contribution is -2.37. The molecule has 0 radical (unpaired) electrons. The first-order valence-corrected chi connectivity index (χ1v) is 5.95. The van der Waals surface area contributed by atoms with Gasteiger partial charge in [-0.15, -0.1) is 24.0 Å². The Balaban J connectivity index is 0.00000324. The smallest absolute Gasteiger partial charge is 0.222 e. The van der Waals surface area contributed by atoms with E-state index in [1.54, 1.807) is 14.1 Å². The molecule has 0 aliphatic carbocycles. The third kappa shape index (κ3) is 7.66. The van der Waals surface area contributed by atoms with Crippen LogP contribution in [0.2, 0.25) is 0 Å². The highest BCUT2D eigenvalue weighted by Gasteiger charge is 2.01. The number of amides is 1. The summed E-state index contributed by atoms with van der Waals surface area (Å²) in [6.45, 7) is 1.13. The van der Waals surface area contributed by atoms with E-state index in [-0.39, 0.29) is 29.9 Å². The number of halogens is 1. The summed E-state index contributed by atoms with van der Waals surface area (Å²) >= 11 is 0. The molecule has 6 heteroatoms. The minimum Gasteiger partial charge on any atom is -0.359 e. The summed E-state index contributed by atoms with van der Waals surface area (Å²) in [4.78, 5) is 15.5. The average Bonchev–Trinajstić information content (AvgIpc) is 2.42. The molecule has 3 N–H and O–H groups in total. The molecule has 19 heavy (non-hydrogen) atoms. The van der Waals surface area contributed by atoms with Crippen molar-refractivity contribution in [3.63, 3.8) is 0 Å². The number of nitrogens with zero attached hydrogens (tertiary/aromatic N) is 1. The normalized spacial score (nSPS) is 10.3. The second-order valence-corrected chi connectivity index (χ2v) is 3.76. The van der Waals surface area contributed by atoms with Crippen LogP contribution in [0.3, 0.4) is 0 Å². The maximum atomic E-state index is 11.6. The van der Waals surface area contributed by atoms with Gasteiger partial charge in [-0.3, -0.25) is 9.79 Å². The Hall–Kier alpha value is -1.31. The molecule has 5 nitrogen and oxygen atoms in total. The summed E-state index contributed by atoms with van der Waals surface area (Å²) < 4.78 is 0. The molecule has 0 fully saturated rings. The fraction of sp³-hybridized carbons (Fsp3) is 0.385. The highest BCUT2D eigenvalue weighted by molar-refractivity contribution is 14.0. The number of nitrogens with one attached hydrogen (secondary N) is 3. The predicted molar refractivity (Wildman–Crippen MR) is 88.7 cm³/mol. The summed E-state index contributed by atoms with van der Waals surface area (Å²) in [6.07, 6.45) is 0.424. The summed E-state index contributed by atoms with van der Waals surface area (Å²) in [5.41, 5.74) is 1.10. The van der Waals surface area contributed by atoms with E-state index in [0.29, 0.717) is 25.5 Å². The van der Waals surface area contributed by atoms with Gasteiger partial charge in [0.15, 0.2) is 5.96 Å². The van der Waals surface area contributed by atoms with E-state index in [4.69, 9.17) is 0 Å². The van der Waals surface area contributed by atoms with Gasteiger partial charge in [-0.05, 0) is 5.56 Å². The van der Waals surface area contributed by atoms with E-state index in [1.807, 2.05) is 30.3 Å². The molecule has 0 unspecified atom stereocenters. The van der Waals surface area contributed by atoms with E-state index in [0.717, 1.165) is 5.56 Å². The molecule has 0 aliphatic rings. The largest absolute Gasteiger partial charge is 0.359 e. The molecule has 0 atom stereocenters. The zero-order valence-electron chi connectivity index (χ0n) is 11.3. The van der Waals surface area contributed by atoms with Gasteiger partial charge in [0.2, 0.25) is 5.91 Å². The Morgan fingerprint density at radius 1 is 1.21 bits per heavy atom. The lowest BCUT2D eigenvalue weighted by Gasteiger charge is -2.08. The number of aliphatic imine (C=N–C) groups is 1. The topological polar surface area (TPSA) is 65.5 Å². The highest BCUT2D eigenvalue weighted by atomic mass is 127. The molecule has 1 rings (SSSR count). The molecule has 0 heterocycles. The van der Waals surface area contributed by atoms with E-state index in [9.17, 15) is 4.79 Å². The molecule has 0 saturated heterocycles. The molecular formula is C13H21IN4O. The number of guanidine groups is 1. The van der Waals surface area contributed by atoms with Crippen LogP contribution in [0.15, 0.2) is 35.3 Å².